The van der Waals surface area contributed by atoms with Gasteiger partial charge in [-0.1, -0.05) is 43.6 Å². The van der Waals surface area contributed by atoms with Gasteiger partial charge in [-0.05, 0) is 17.5 Å². The Hall–Kier alpha value is -1.30. The summed E-state index contributed by atoms with van der Waals surface area (Å²) in [7, 11) is 0. The average Bonchev–Trinajstić information content (AvgIpc) is 2.53. The fraction of sp³-hybridized carbons (Fsp3) is 0.562. The van der Waals surface area contributed by atoms with E-state index in [-0.39, 0.29) is 30.7 Å². The molecule has 122 valence electrons. The fourth-order valence-electron chi connectivity index (χ4n) is 2.57. The highest BCUT2D eigenvalue weighted by Gasteiger charge is 2.27. The summed E-state index contributed by atoms with van der Waals surface area (Å²) in [6.07, 6.45) is -0.308. The van der Waals surface area contributed by atoms with Gasteiger partial charge in [0.15, 0.2) is 0 Å². The monoisotopic (exact) mass is 326 g/mol. The molecule has 0 saturated carbocycles. The van der Waals surface area contributed by atoms with Crippen molar-refractivity contribution in [3.05, 3.63) is 34.9 Å². The number of aliphatic hydroxyl groups excluding tert-OH is 1. The lowest BCUT2D eigenvalue weighted by Crippen LogP contribution is -2.51. The van der Waals surface area contributed by atoms with E-state index in [2.05, 4.69) is 5.32 Å². The fourth-order valence-corrected chi connectivity index (χ4v) is 2.82. The van der Waals surface area contributed by atoms with Crippen molar-refractivity contribution in [3.63, 3.8) is 0 Å². The van der Waals surface area contributed by atoms with Crippen molar-refractivity contribution in [2.75, 3.05) is 26.3 Å². The van der Waals surface area contributed by atoms with Gasteiger partial charge in [0.25, 0.3) is 0 Å². The number of amides is 2. The van der Waals surface area contributed by atoms with Gasteiger partial charge >= 0.3 is 6.03 Å². The van der Waals surface area contributed by atoms with Crippen LogP contribution in [0.25, 0.3) is 0 Å². The number of halogens is 1. The molecule has 1 aromatic carbocycles. The first-order valence-corrected chi connectivity index (χ1v) is 7.93. The number of nitrogens with zero attached hydrogens (tertiary/aromatic N) is 1. The summed E-state index contributed by atoms with van der Waals surface area (Å²) in [5, 5.41) is 12.9. The van der Waals surface area contributed by atoms with Crippen molar-refractivity contribution < 1.29 is 14.6 Å². The molecule has 1 aliphatic heterocycles. The summed E-state index contributed by atoms with van der Waals surface area (Å²) in [5.74, 6) is 0.207. The molecule has 2 atom stereocenters. The highest BCUT2D eigenvalue weighted by atomic mass is 35.5. The normalized spacial score (nSPS) is 20.0. The number of carbonyl (C=O) groups is 1. The molecule has 0 unspecified atom stereocenters. The molecule has 0 radical (unpaired) electrons. The summed E-state index contributed by atoms with van der Waals surface area (Å²) in [5.41, 5.74) is 0.916. The molecule has 1 aliphatic rings. The van der Waals surface area contributed by atoms with Crippen LogP contribution in [0.4, 0.5) is 4.79 Å². The Morgan fingerprint density at radius 3 is 2.86 bits per heavy atom. The first kappa shape index (κ1) is 17.1. The van der Waals surface area contributed by atoms with Gasteiger partial charge in [0, 0.05) is 11.6 Å². The standard InChI is InChI=1S/C16H23ClN2O3/c1-11(2)15(13-5-3-4-6-14(13)17)18-16(21)19-7-8-22-12(9-19)10-20/h3-6,11-12,15,20H,7-10H2,1-2H3,(H,18,21)/t12-,15-/m0/s1. The molecule has 2 amide bonds. The number of aliphatic hydroxyl groups is 1. The van der Waals surface area contributed by atoms with Crippen LogP contribution in [0.15, 0.2) is 24.3 Å². The number of hydrogen-bond acceptors (Lipinski definition) is 3. The van der Waals surface area contributed by atoms with Crippen LogP contribution in [-0.4, -0.2) is 48.4 Å². The van der Waals surface area contributed by atoms with E-state index in [0.29, 0.717) is 24.7 Å². The van der Waals surface area contributed by atoms with Gasteiger partial charge in [0.05, 0.1) is 31.9 Å². The van der Waals surface area contributed by atoms with Gasteiger partial charge < -0.3 is 20.1 Å². The third-order valence-corrected chi connectivity index (χ3v) is 4.16. The molecule has 0 aliphatic carbocycles. The molecular formula is C16H23ClN2O3. The Morgan fingerprint density at radius 1 is 1.50 bits per heavy atom. The topological polar surface area (TPSA) is 61.8 Å². The summed E-state index contributed by atoms with van der Waals surface area (Å²) in [6, 6.07) is 7.24. The van der Waals surface area contributed by atoms with E-state index in [0.717, 1.165) is 5.56 Å². The highest BCUT2D eigenvalue weighted by molar-refractivity contribution is 6.31. The van der Waals surface area contributed by atoms with Crippen LogP contribution in [0.3, 0.4) is 0 Å². The first-order chi connectivity index (χ1) is 10.5. The second-order valence-electron chi connectivity index (χ2n) is 5.81. The second-order valence-corrected chi connectivity index (χ2v) is 6.22. The van der Waals surface area contributed by atoms with Gasteiger partial charge in [-0.15, -0.1) is 0 Å². The molecule has 1 heterocycles. The van der Waals surface area contributed by atoms with Crippen molar-refractivity contribution >= 4 is 17.6 Å². The maximum Gasteiger partial charge on any atom is 0.318 e. The Bertz CT molecular complexity index is 510. The molecular weight excluding hydrogens is 304 g/mol. The lowest BCUT2D eigenvalue weighted by Gasteiger charge is -2.34. The quantitative estimate of drug-likeness (QED) is 0.893. The van der Waals surface area contributed by atoms with Gasteiger partial charge in [-0.3, -0.25) is 0 Å². The number of nitrogens with one attached hydrogen (secondary N) is 1. The molecule has 1 fully saturated rings. The lowest BCUT2D eigenvalue weighted by molar-refractivity contribution is -0.0406. The number of rotatable bonds is 4. The van der Waals surface area contributed by atoms with E-state index in [1.165, 1.54) is 0 Å². The van der Waals surface area contributed by atoms with Crippen LogP contribution in [0.5, 0.6) is 0 Å². The van der Waals surface area contributed by atoms with E-state index >= 15 is 0 Å². The number of urea groups is 1. The highest BCUT2D eigenvalue weighted by Crippen LogP contribution is 2.28. The van der Waals surface area contributed by atoms with Crippen molar-refractivity contribution in [2.24, 2.45) is 5.92 Å². The molecule has 0 aromatic heterocycles. The Labute approximate surface area is 136 Å². The largest absolute Gasteiger partial charge is 0.394 e. The van der Waals surface area contributed by atoms with Crippen molar-refractivity contribution in [3.8, 4) is 0 Å². The molecule has 22 heavy (non-hydrogen) atoms. The molecule has 6 heteroatoms. The Kier molecular flexibility index (Phi) is 6.06. The summed E-state index contributed by atoms with van der Waals surface area (Å²) in [6.45, 7) is 5.37. The molecule has 1 aromatic rings. The predicted octanol–water partition coefficient (Wildman–Crippen LogP) is 2.44. The zero-order valence-corrected chi connectivity index (χ0v) is 13.7. The second kappa shape index (κ2) is 7.81. The maximum atomic E-state index is 12.5. The van der Waals surface area contributed by atoms with Crippen molar-refractivity contribution in [2.45, 2.75) is 26.0 Å². The number of benzene rings is 1. The van der Waals surface area contributed by atoms with Crippen LogP contribution in [0, 0.1) is 5.92 Å². The van der Waals surface area contributed by atoms with Crippen molar-refractivity contribution in [1.29, 1.82) is 0 Å². The minimum atomic E-state index is -0.308. The molecule has 0 spiro atoms. The molecule has 2 rings (SSSR count). The van der Waals surface area contributed by atoms with E-state index in [1.807, 2.05) is 38.1 Å². The average molecular weight is 327 g/mol. The van der Waals surface area contributed by atoms with Gasteiger partial charge in [-0.2, -0.15) is 0 Å². The number of morpholine rings is 1. The SMILES string of the molecule is CC(C)[C@H](NC(=O)N1CCO[C@H](CO)C1)c1ccccc1Cl. The Balaban J connectivity index is 2.08. The Morgan fingerprint density at radius 2 is 2.23 bits per heavy atom. The van der Waals surface area contributed by atoms with E-state index < -0.39 is 0 Å². The molecule has 5 nitrogen and oxygen atoms in total. The van der Waals surface area contributed by atoms with Crippen LogP contribution in [0.2, 0.25) is 5.02 Å². The number of hydrogen-bond donors (Lipinski definition) is 2. The van der Waals surface area contributed by atoms with Crippen molar-refractivity contribution in [1.82, 2.24) is 10.2 Å². The van der Waals surface area contributed by atoms with Crippen LogP contribution in [0.1, 0.15) is 25.5 Å². The summed E-state index contributed by atoms with van der Waals surface area (Å²) in [4.78, 5) is 14.2. The smallest absolute Gasteiger partial charge is 0.318 e. The zero-order valence-electron chi connectivity index (χ0n) is 13.0. The number of ether oxygens (including phenoxy) is 1. The summed E-state index contributed by atoms with van der Waals surface area (Å²) < 4.78 is 5.37. The van der Waals surface area contributed by atoms with Crippen LogP contribution >= 0.6 is 11.6 Å². The van der Waals surface area contributed by atoms with Crippen LogP contribution in [-0.2, 0) is 4.74 Å². The third kappa shape index (κ3) is 4.12. The lowest BCUT2D eigenvalue weighted by atomic mass is 9.96. The van der Waals surface area contributed by atoms with E-state index in [4.69, 9.17) is 16.3 Å². The predicted molar refractivity (Wildman–Crippen MR) is 86.0 cm³/mol. The van der Waals surface area contributed by atoms with E-state index in [9.17, 15) is 9.90 Å². The first-order valence-electron chi connectivity index (χ1n) is 7.55. The minimum absolute atomic E-state index is 0.0814. The van der Waals surface area contributed by atoms with E-state index in [1.54, 1.807) is 4.90 Å². The third-order valence-electron chi connectivity index (χ3n) is 3.82. The maximum absolute atomic E-state index is 12.5. The molecule has 1 saturated heterocycles. The minimum Gasteiger partial charge on any atom is -0.394 e. The van der Waals surface area contributed by atoms with Gasteiger partial charge in [0.1, 0.15) is 0 Å². The van der Waals surface area contributed by atoms with Gasteiger partial charge in [0.2, 0.25) is 0 Å². The molecule has 2 N–H and O–H groups in total. The number of carbonyl (C=O) groups excluding carboxylic acids is 1. The summed E-state index contributed by atoms with van der Waals surface area (Å²) >= 11 is 6.26. The zero-order chi connectivity index (χ0) is 16.1. The van der Waals surface area contributed by atoms with Gasteiger partial charge in [-0.25, -0.2) is 4.79 Å². The molecule has 0 bridgehead atoms. The van der Waals surface area contributed by atoms with Crippen LogP contribution < -0.4 is 5.32 Å².